The summed E-state index contributed by atoms with van der Waals surface area (Å²) in [5.41, 5.74) is 1.96. The highest BCUT2D eigenvalue weighted by Gasteiger charge is 2.35. The van der Waals surface area contributed by atoms with Crippen LogP contribution in [0.25, 0.3) is 0 Å². The van der Waals surface area contributed by atoms with E-state index in [0.717, 1.165) is 25.7 Å². The Labute approximate surface area is 193 Å². The summed E-state index contributed by atoms with van der Waals surface area (Å²) in [7, 11) is 0. The van der Waals surface area contributed by atoms with E-state index in [1.165, 1.54) is 11.3 Å². The van der Waals surface area contributed by atoms with Crippen LogP contribution < -0.4 is 10.2 Å². The maximum Gasteiger partial charge on any atom is 0.259 e. The van der Waals surface area contributed by atoms with Gasteiger partial charge in [-0.15, -0.1) is 0 Å². The van der Waals surface area contributed by atoms with Crippen LogP contribution in [0.15, 0.2) is 79.0 Å². The van der Waals surface area contributed by atoms with Crippen molar-refractivity contribution in [3.8, 4) is 6.07 Å². The molecule has 1 saturated carbocycles. The Balaban J connectivity index is 1.78. The fraction of sp³-hybridized carbons (Fsp3) is 0.259. The van der Waals surface area contributed by atoms with E-state index >= 15 is 0 Å². The Morgan fingerprint density at radius 3 is 2.27 bits per heavy atom. The van der Waals surface area contributed by atoms with Gasteiger partial charge in [-0.3, -0.25) is 19.5 Å². The molecule has 0 bridgehead atoms. The normalized spacial score (nSPS) is 14.6. The van der Waals surface area contributed by atoms with E-state index in [4.69, 9.17) is 0 Å². The molecular weight excluding hydrogens is 412 g/mol. The first kappa shape index (κ1) is 22.2. The third-order valence-corrected chi connectivity index (χ3v) is 5.94. The number of anilines is 1. The van der Waals surface area contributed by atoms with Gasteiger partial charge in [-0.1, -0.05) is 43.5 Å². The van der Waals surface area contributed by atoms with E-state index in [0.29, 0.717) is 22.5 Å². The summed E-state index contributed by atoms with van der Waals surface area (Å²) in [6, 6.07) is 22.2. The zero-order valence-corrected chi connectivity index (χ0v) is 18.4. The number of benzene rings is 2. The molecule has 3 aromatic rings. The number of carbonyl (C=O) groups excluding carboxylic acids is 2. The Kier molecular flexibility index (Phi) is 7.11. The number of pyridine rings is 1. The maximum atomic E-state index is 13.8. The molecule has 1 fully saturated rings. The largest absolute Gasteiger partial charge is 0.351 e. The van der Waals surface area contributed by atoms with Crippen molar-refractivity contribution < 1.29 is 9.59 Å². The predicted octanol–water partition coefficient (Wildman–Crippen LogP) is 4.79. The van der Waals surface area contributed by atoms with Crippen molar-refractivity contribution in [2.45, 2.75) is 44.2 Å². The van der Waals surface area contributed by atoms with E-state index in [1.54, 1.807) is 66.9 Å². The van der Waals surface area contributed by atoms with Crippen LogP contribution in [0.3, 0.4) is 0 Å². The second-order valence-electron chi connectivity index (χ2n) is 8.20. The predicted molar refractivity (Wildman–Crippen MR) is 126 cm³/mol. The van der Waals surface area contributed by atoms with E-state index in [2.05, 4.69) is 16.4 Å². The number of carbonyl (C=O) groups is 2. The Morgan fingerprint density at radius 2 is 1.64 bits per heavy atom. The van der Waals surface area contributed by atoms with Gasteiger partial charge in [0.2, 0.25) is 5.91 Å². The molecule has 0 saturated heterocycles. The molecule has 1 heterocycles. The third kappa shape index (κ3) is 5.27. The van der Waals surface area contributed by atoms with Crippen molar-refractivity contribution in [3.05, 3.63) is 95.8 Å². The molecule has 6 nitrogen and oxygen atoms in total. The highest BCUT2D eigenvalue weighted by atomic mass is 16.2. The molecule has 0 spiro atoms. The topological polar surface area (TPSA) is 86.1 Å². The van der Waals surface area contributed by atoms with Crippen LogP contribution in [0.2, 0.25) is 0 Å². The van der Waals surface area contributed by atoms with Crippen molar-refractivity contribution in [1.82, 2.24) is 10.3 Å². The number of aromatic nitrogens is 1. The molecule has 0 radical (unpaired) electrons. The van der Waals surface area contributed by atoms with Gasteiger partial charge in [0.15, 0.2) is 6.04 Å². The SMILES string of the molecule is N#Cc1ccc(N(C(=O)c2ccccc2)C(C(=O)NC2CCCCC2)c2ccccn2)cc1. The number of nitrogens with one attached hydrogen (secondary N) is 1. The van der Waals surface area contributed by atoms with Crippen molar-refractivity contribution >= 4 is 17.5 Å². The van der Waals surface area contributed by atoms with Crippen LogP contribution in [0, 0.1) is 11.3 Å². The Bertz CT molecular complexity index is 1120. The van der Waals surface area contributed by atoms with Gasteiger partial charge in [0.05, 0.1) is 17.3 Å². The molecule has 33 heavy (non-hydrogen) atoms. The molecule has 1 aromatic heterocycles. The Hall–Kier alpha value is -3.98. The van der Waals surface area contributed by atoms with Gasteiger partial charge in [0.25, 0.3) is 5.91 Å². The number of hydrogen-bond donors (Lipinski definition) is 1. The monoisotopic (exact) mass is 438 g/mol. The van der Waals surface area contributed by atoms with E-state index in [1.807, 2.05) is 12.1 Å². The fourth-order valence-corrected chi connectivity index (χ4v) is 4.25. The van der Waals surface area contributed by atoms with Crippen LogP contribution in [-0.2, 0) is 4.79 Å². The molecule has 1 N–H and O–H groups in total. The highest BCUT2D eigenvalue weighted by molar-refractivity contribution is 6.10. The van der Waals surface area contributed by atoms with E-state index in [9.17, 15) is 14.9 Å². The Morgan fingerprint density at radius 1 is 0.939 bits per heavy atom. The van der Waals surface area contributed by atoms with Gasteiger partial charge in [-0.25, -0.2) is 0 Å². The molecule has 0 aliphatic heterocycles. The first-order valence-corrected chi connectivity index (χ1v) is 11.3. The lowest BCUT2D eigenvalue weighted by Crippen LogP contribution is -2.47. The molecule has 1 aliphatic rings. The van der Waals surface area contributed by atoms with Crippen molar-refractivity contribution in [2.75, 3.05) is 4.90 Å². The summed E-state index contributed by atoms with van der Waals surface area (Å²) in [6.45, 7) is 0. The molecule has 1 unspecified atom stereocenters. The van der Waals surface area contributed by atoms with E-state index in [-0.39, 0.29) is 17.9 Å². The lowest BCUT2D eigenvalue weighted by Gasteiger charge is -2.33. The average molecular weight is 439 g/mol. The van der Waals surface area contributed by atoms with Crippen molar-refractivity contribution in [1.29, 1.82) is 5.26 Å². The van der Waals surface area contributed by atoms with Gasteiger partial charge < -0.3 is 5.32 Å². The maximum absolute atomic E-state index is 13.8. The fourth-order valence-electron chi connectivity index (χ4n) is 4.25. The summed E-state index contributed by atoms with van der Waals surface area (Å²) < 4.78 is 0. The average Bonchev–Trinajstić information content (AvgIpc) is 2.88. The third-order valence-electron chi connectivity index (χ3n) is 5.94. The van der Waals surface area contributed by atoms with Crippen LogP contribution in [0.4, 0.5) is 5.69 Å². The summed E-state index contributed by atoms with van der Waals surface area (Å²) in [5.74, 6) is -0.566. The number of rotatable bonds is 6. The number of nitriles is 1. The van der Waals surface area contributed by atoms with Crippen LogP contribution >= 0.6 is 0 Å². The smallest absolute Gasteiger partial charge is 0.259 e. The van der Waals surface area contributed by atoms with Crippen LogP contribution in [0.5, 0.6) is 0 Å². The molecule has 2 amide bonds. The summed E-state index contributed by atoms with van der Waals surface area (Å²) in [4.78, 5) is 33.4. The van der Waals surface area contributed by atoms with Gasteiger partial charge in [-0.2, -0.15) is 5.26 Å². The molecule has 6 heteroatoms. The zero-order chi connectivity index (χ0) is 23.0. The summed E-state index contributed by atoms with van der Waals surface area (Å²) in [6.07, 6.45) is 6.84. The van der Waals surface area contributed by atoms with Crippen molar-refractivity contribution in [3.63, 3.8) is 0 Å². The number of nitrogens with zero attached hydrogens (tertiary/aromatic N) is 3. The minimum absolute atomic E-state index is 0.0899. The molecule has 2 aromatic carbocycles. The van der Waals surface area contributed by atoms with E-state index < -0.39 is 6.04 Å². The first-order valence-electron chi connectivity index (χ1n) is 11.3. The molecule has 166 valence electrons. The lowest BCUT2D eigenvalue weighted by molar-refractivity contribution is -0.123. The molecule has 1 aliphatic carbocycles. The van der Waals surface area contributed by atoms with Gasteiger partial charge in [0.1, 0.15) is 0 Å². The minimum Gasteiger partial charge on any atom is -0.351 e. The van der Waals surface area contributed by atoms with Crippen LogP contribution in [0.1, 0.15) is 59.8 Å². The zero-order valence-electron chi connectivity index (χ0n) is 18.4. The first-order chi connectivity index (χ1) is 16.2. The lowest BCUT2D eigenvalue weighted by atomic mass is 9.95. The van der Waals surface area contributed by atoms with Gasteiger partial charge in [0, 0.05) is 23.5 Å². The number of amides is 2. The summed E-state index contributed by atoms with van der Waals surface area (Å²) in [5, 5.41) is 12.4. The van der Waals surface area contributed by atoms with Gasteiger partial charge in [-0.05, 0) is 61.4 Å². The second kappa shape index (κ2) is 10.6. The van der Waals surface area contributed by atoms with Crippen LogP contribution in [-0.4, -0.2) is 22.8 Å². The highest BCUT2D eigenvalue weighted by Crippen LogP contribution is 2.30. The molecule has 1 atom stereocenters. The molecular formula is C27H26N4O2. The second-order valence-corrected chi connectivity index (χ2v) is 8.20. The quantitative estimate of drug-likeness (QED) is 0.599. The summed E-state index contributed by atoms with van der Waals surface area (Å²) >= 11 is 0. The number of hydrogen-bond acceptors (Lipinski definition) is 4. The van der Waals surface area contributed by atoms with Gasteiger partial charge >= 0.3 is 0 Å². The minimum atomic E-state index is -0.950. The van der Waals surface area contributed by atoms with Crippen molar-refractivity contribution in [2.24, 2.45) is 0 Å². The molecule has 4 rings (SSSR count). The standard InChI is InChI=1S/C27H26N4O2/c28-19-20-14-16-23(17-15-20)31(27(33)21-9-3-1-4-10-21)25(24-13-7-8-18-29-24)26(32)30-22-11-5-2-6-12-22/h1,3-4,7-10,13-18,22,25H,2,5-6,11-12H2,(H,30,32).